The molecule has 0 aliphatic carbocycles. The number of rotatable bonds is 3. The van der Waals surface area contributed by atoms with Gasteiger partial charge in [0.2, 0.25) is 0 Å². The molecule has 0 aliphatic rings. The molecule has 0 radical (unpaired) electrons. The molecule has 2 nitrogen and oxygen atoms in total. The molecule has 1 aromatic carbocycles. The Kier molecular flexibility index (Phi) is 4.67. The SMILES string of the molecule is CC(C)Cc1ccc(-c2nc(Cl)cc(C(C)(C)C)n2)cc1. The third-order valence-electron chi connectivity index (χ3n) is 3.32. The van der Waals surface area contributed by atoms with E-state index in [9.17, 15) is 0 Å². The summed E-state index contributed by atoms with van der Waals surface area (Å²) in [7, 11) is 0. The third kappa shape index (κ3) is 4.28. The minimum Gasteiger partial charge on any atom is -0.232 e. The number of aromatic nitrogens is 2. The lowest BCUT2D eigenvalue weighted by atomic mass is 9.92. The van der Waals surface area contributed by atoms with Crippen LogP contribution in [0.15, 0.2) is 30.3 Å². The molecule has 3 heteroatoms. The Bertz CT molecular complexity index is 610. The Hall–Kier alpha value is -1.41. The van der Waals surface area contributed by atoms with Gasteiger partial charge in [0.15, 0.2) is 5.82 Å². The lowest BCUT2D eigenvalue weighted by molar-refractivity contribution is 0.568. The monoisotopic (exact) mass is 302 g/mol. The summed E-state index contributed by atoms with van der Waals surface area (Å²) >= 11 is 6.15. The number of hydrogen-bond donors (Lipinski definition) is 0. The van der Waals surface area contributed by atoms with Crippen LogP contribution in [-0.2, 0) is 11.8 Å². The smallest absolute Gasteiger partial charge is 0.161 e. The Morgan fingerprint density at radius 1 is 1.05 bits per heavy atom. The van der Waals surface area contributed by atoms with Gasteiger partial charge in [-0.2, -0.15) is 0 Å². The minimum atomic E-state index is -0.0427. The minimum absolute atomic E-state index is 0.0427. The molecule has 0 saturated carbocycles. The number of nitrogens with zero attached hydrogens (tertiary/aromatic N) is 2. The zero-order valence-electron chi connectivity index (χ0n) is 13.4. The van der Waals surface area contributed by atoms with Crippen molar-refractivity contribution in [2.45, 2.75) is 46.5 Å². The second-order valence-electron chi connectivity index (χ2n) is 6.94. The van der Waals surface area contributed by atoms with Gasteiger partial charge < -0.3 is 0 Å². The van der Waals surface area contributed by atoms with Crippen molar-refractivity contribution in [3.8, 4) is 11.4 Å². The largest absolute Gasteiger partial charge is 0.232 e. The second-order valence-corrected chi connectivity index (χ2v) is 7.33. The predicted molar refractivity (Wildman–Crippen MR) is 89.7 cm³/mol. The van der Waals surface area contributed by atoms with Crippen molar-refractivity contribution >= 4 is 11.6 Å². The topological polar surface area (TPSA) is 25.8 Å². The quantitative estimate of drug-likeness (QED) is 0.720. The molecule has 112 valence electrons. The Labute approximate surface area is 132 Å². The van der Waals surface area contributed by atoms with Crippen LogP contribution in [0.25, 0.3) is 11.4 Å². The van der Waals surface area contributed by atoms with Gasteiger partial charge in [-0.25, -0.2) is 9.97 Å². The molecular weight excluding hydrogens is 280 g/mol. The zero-order valence-corrected chi connectivity index (χ0v) is 14.2. The first kappa shape index (κ1) is 16.0. The van der Waals surface area contributed by atoms with E-state index in [0.717, 1.165) is 17.7 Å². The van der Waals surface area contributed by atoms with Crippen LogP contribution >= 0.6 is 11.6 Å². The summed E-state index contributed by atoms with van der Waals surface area (Å²) in [6, 6.07) is 10.3. The van der Waals surface area contributed by atoms with Crippen LogP contribution in [0.4, 0.5) is 0 Å². The van der Waals surface area contributed by atoms with Gasteiger partial charge in [0, 0.05) is 11.0 Å². The van der Waals surface area contributed by atoms with Crippen LogP contribution in [0.2, 0.25) is 5.15 Å². The van der Waals surface area contributed by atoms with Gasteiger partial charge in [-0.3, -0.25) is 0 Å². The molecule has 0 N–H and O–H groups in total. The van der Waals surface area contributed by atoms with Crippen LogP contribution in [0.5, 0.6) is 0 Å². The van der Waals surface area contributed by atoms with E-state index in [2.05, 4.69) is 68.9 Å². The first-order valence-electron chi connectivity index (χ1n) is 7.40. The molecule has 0 bridgehead atoms. The standard InChI is InChI=1S/C18H23ClN2/c1-12(2)10-13-6-8-14(9-7-13)17-20-15(18(3,4)5)11-16(19)21-17/h6-9,11-12H,10H2,1-5H3. The molecular formula is C18H23ClN2. The summed E-state index contributed by atoms with van der Waals surface area (Å²) < 4.78 is 0. The van der Waals surface area contributed by atoms with Crippen molar-refractivity contribution in [2.24, 2.45) is 5.92 Å². The maximum absolute atomic E-state index is 6.15. The highest BCUT2D eigenvalue weighted by Crippen LogP contribution is 2.26. The fourth-order valence-electron chi connectivity index (χ4n) is 2.19. The van der Waals surface area contributed by atoms with Crippen molar-refractivity contribution in [1.82, 2.24) is 9.97 Å². The maximum atomic E-state index is 6.15. The highest BCUT2D eigenvalue weighted by molar-refractivity contribution is 6.29. The van der Waals surface area contributed by atoms with E-state index in [1.54, 1.807) is 0 Å². The highest BCUT2D eigenvalue weighted by Gasteiger charge is 2.18. The van der Waals surface area contributed by atoms with E-state index in [4.69, 9.17) is 11.6 Å². The molecule has 0 saturated heterocycles. The summed E-state index contributed by atoms with van der Waals surface area (Å²) in [5.41, 5.74) is 3.27. The van der Waals surface area contributed by atoms with E-state index in [1.165, 1.54) is 5.56 Å². The van der Waals surface area contributed by atoms with Crippen LogP contribution in [0.3, 0.4) is 0 Å². The Balaban J connectivity index is 2.35. The third-order valence-corrected chi connectivity index (χ3v) is 3.51. The van der Waals surface area contributed by atoms with E-state index in [-0.39, 0.29) is 5.41 Å². The molecule has 1 heterocycles. The van der Waals surface area contributed by atoms with Crippen LogP contribution in [0.1, 0.15) is 45.9 Å². The summed E-state index contributed by atoms with van der Waals surface area (Å²) in [6.45, 7) is 10.8. The molecule has 0 aliphatic heterocycles. The van der Waals surface area contributed by atoms with Gasteiger partial charge >= 0.3 is 0 Å². The van der Waals surface area contributed by atoms with Crippen LogP contribution in [0, 0.1) is 5.92 Å². The average Bonchev–Trinajstić information content (AvgIpc) is 2.37. The average molecular weight is 303 g/mol. The summed E-state index contributed by atoms with van der Waals surface area (Å²) in [5.74, 6) is 1.36. The van der Waals surface area contributed by atoms with Gasteiger partial charge in [-0.15, -0.1) is 0 Å². The van der Waals surface area contributed by atoms with Crippen LogP contribution < -0.4 is 0 Å². The van der Waals surface area contributed by atoms with E-state index in [0.29, 0.717) is 16.9 Å². The van der Waals surface area contributed by atoms with Gasteiger partial charge in [0.1, 0.15) is 5.15 Å². The summed E-state index contributed by atoms with van der Waals surface area (Å²) in [4.78, 5) is 9.03. The van der Waals surface area contributed by atoms with Crippen molar-refractivity contribution < 1.29 is 0 Å². The van der Waals surface area contributed by atoms with Gasteiger partial charge in [0.25, 0.3) is 0 Å². The van der Waals surface area contributed by atoms with Crippen molar-refractivity contribution in [3.05, 3.63) is 46.7 Å². The first-order valence-corrected chi connectivity index (χ1v) is 7.78. The van der Waals surface area contributed by atoms with Crippen molar-refractivity contribution in [2.75, 3.05) is 0 Å². The van der Waals surface area contributed by atoms with Gasteiger partial charge in [-0.1, -0.05) is 70.5 Å². The van der Waals surface area contributed by atoms with E-state index >= 15 is 0 Å². The molecule has 0 unspecified atom stereocenters. The lowest BCUT2D eigenvalue weighted by Crippen LogP contribution is -2.14. The van der Waals surface area contributed by atoms with Crippen molar-refractivity contribution in [3.63, 3.8) is 0 Å². The fourth-order valence-corrected chi connectivity index (χ4v) is 2.38. The molecule has 0 atom stereocenters. The normalized spacial score (nSPS) is 12.0. The molecule has 2 rings (SSSR count). The molecule has 0 fully saturated rings. The molecule has 21 heavy (non-hydrogen) atoms. The fraction of sp³-hybridized carbons (Fsp3) is 0.444. The highest BCUT2D eigenvalue weighted by atomic mass is 35.5. The molecule has 2 aromatic rings. The zero-order chi connectivity index (χ0) is 15.6. The van der Waals surface area contributed by atoms with Crippen LogP contribution in [-0.4, -0.2) is 9.97 Å². The number of benzene rings is 1. The lowest BCUT2D eigenvalue weighted by Gasteiger charge is -2.18. The predicted octanol–water partition coefficient (Wildman–Crippen LogP) is 5.29. The van der Waals surface area contributed by atoms with Crippen molar-refractivity contribution in [1.29, 1.82) is 0 Å². The maximum Gasteiger partial charge on any atom is 0.161 e. The Morgan fingerprint density at radius 2 is 1.67 bits per heavy atom. The van der Waals surface area contributed by atoms with Gasteiger partial charge in [-0.05, 0) is 24.0 Å². The molecule has 0 spiro atoms. The number of hydrogen-bond acceptors (Lipinski definition) is 2. The van der Waals surface area contributed by atoms with E-state index < -0.39 is 0 Å². The summed E-state index contributed by atoms with van der Waals surface area (Å²) in [5, 5.41) is 0.496. The van der Waals surface area contributed by atoms with E-state index in [1.807, 2.05) is 6.07 Å². The molecule has 1 aromatic heterocycles. The Morgan fingerprint density at radius 3 is 2.19 bits per heavy atom. The summed E-state index contributed by atoms with van der Waals surface area (Å²) in [6.07, 6.45) is 1.09. The molecule has 0 amide bonds. The number of halogens is 1. The van der Waals surface area contributed by atoms with Gasteiger partial charge in [0.05, 0.1) is 5.69 Å². The first-order chi connectivity index (χ1) is 9.75. The second kappa shape index (κ2) is 6.15.